The van der Waals surface area contributed by atoms with Crippen LogP contribution in [0.1, 0.15) is 66.7 Å². The normalized spacial score (nSPS) is 24.8. The van der Waals surface area contributed by atoms with Crippen molar-refractivity contribution in [3.63, 3.8) is 0 Å². The zero-order valence-electron chi connectivity index (χ0n) is 14.7. The van der Waals surface area contributed by atoms with E-state index >= 15 is 0 Å². The number of carbonyl (C=O) groups is 1. The van der Waals surface area contributed by atoms with Crippen LogP contribution >= 0.6 is 7.37 Å². The number of alkyl carbamates (subject to hydrolysis) is 1. The van der Waals surface area contributed by atoms with E-state index in [2.05, 4.69) is 12.2 Å². The van der Waals surface area contributed by atoms with E-state index in [9.17, 15) is 9.36 Å². The molecule has 1 saturated carbocycles. The van der Waals surface area contributed by atoms with Crippen LogP contribution in [0.2, 0.25) is 0 Å². The van der Waals surface area contributed by atoms with Crippen molar-refractivity contribution in [2.75, 3.05) is 12.8 Å². The fourth-order valence-electron chi connectivity index (χ4n) is 2.87. The number of amides is 1. The van der Waals surface area contributed by atoms with E-state index in [0.29, 0.717) is 12.8 Å². The molecule has 0 aromatic heterocycles. The van der Waals surface area contributed by atoms with Crippen molar-refractivity contribution >= 4 is 13.5 Å². The second-order valence-electron chi connectivity index (χ2n) is 7.03. The van der Waals surface area contributed by atoms with Gasteiger partial charge in [-0.3, -0.25) is 4.57 Å². The molecule has 1 aliphatic carbocycles. The summed E-state index contributed by atoms with van der Waals surface area (Å²) in [5, 5.41) is 2.90. The highest BCUT2D eigenvalue weighted by atomic mass is 31.2. The summed E-state index contributed by atoms with van der Waals surface area (Å²) in [4.78, 5) is 11.8. The van der Waals surface area contributed by atoms with Crippen molar-refractivity contribution in [2.24, 2.45) is 0 Å². The van der Waals surface area contributed by atoms with E-state index in [1.807, 2.05) is 27.7 Å². The molecule has 1 amide bonds. The van der Waals surface area contributed by atoms with E-state index in [1.165, 1.54) is 0 Å². The van der Waals surface area contributed by atoms with Gasteiger partial charge in [-0.1, -0.05) is 13.3 Å². The molecular weight excluding hydrogens is 301 g/mol. The third kappa shape index (κ3) is 6.29. The van der Waals surface area contributed by atoms with Crippen LogP contribution in [0.15, 0.2) is 0 Å². The third-order valence-electron chi connectivity index (χ3n) is 3.85. The first-order chi connectivity index (χ1) is 10.2. The Balaban J connectivity index is 2.56. The molecule has 1 fully saturated rings. The fourth-order valence-corrected chi connectivity index (χ4v) is 5.89. The van der Waals surface area contributed by atoms with Crippen LogP contribution in [0.25, 0.3) is 0 Å². The molecular formula is C16H32NO4P. The maximum Gasteiger partial charge on any atom is 0.407 e. The molecule has 0 heterocycles. The molecule has 1 rings (SSSR count). The van der Waals surface area contributed by atoms with Gasteiger partial charge in [0.1, 0.15) is 5.60 Å². The van der Waals surface area contributed by atoms with Gasteiger partial charge in [0.05, 0.1) is 6.61 Å². The van der Waals surface area contributed by atoms with E-state index in [-0.39, 0.29) is 11.7 Å². The number of hydrogen-bond donors (Lipinski definition) is 1. The summed E-state index contributed by atoms with van der Waals surface area (Å²) in [6.07, 6.45) is 4.62. The van der Waals surface area contributed by atoms with Crippen LogP contribution in [-0.2, 0) is 13.8 Å². The molecule has 130 valence electrons. The molecule has 1 aliphatic rings. The number of carbonyl (C=O) groups excluding carboxylic acids is 1. The van der Waals surface area contributed by atoms with Crippen molar-refractivity contribution in [3.8, 4) is 0 Å². The van der Waals surface area contributed by atoms with Gasteiger partial charge in [-0.15, -0.1) is 0 Å². The minimum absolute atomic E-state index is 0.0373. The van der Waals surface area contributed by atoms with Gasteiger partial charge in [-0.25, -0.2) is 4.79 Å². The lowest BCUT2D eigenvalue weighted by Crippen LogP contribution is -2.38. The van der Waals surface area contributed by atoms with Crippen molar-refractivity contribution in [2.45, 2.75) is 84.0 Å². The Labute approximate surface area is 135 Å². The Kier molecular flexibility index (Phi) is 7.40. The first-order valence-electron chi connectivity index (χ1n) is 8.43. The lowest BCUT2D eigenvalue weighted by atomic mass is 10.2. The van der Waals surface area contributed by atoms with Crippen LogP contribution in [0.5, 0.6) is 0 Å². The second kappa shape index (κ2) is 8.35. The van der Waals surface area contributed by atoms with Crippen molar-refractivity contribution < 1.29 is 18.6 Å². The molecule has 3 atom stereocenters. The molecule has 1 unspecified atom stereocenters. The first kappa shape index (κ1) is 19.5. The summed E-state index contributed by atoms with van der Waals surface area (Å²) in [6, 6.07) is 0.0373. The number of rotatable bonds is 7. The minimum atomic E-state index is -2.60. The molecule has 1 N–H and O–H groups in total. The summed E-state index contributed by atoms with van der Waals surface area (Å²) in [7, 11) is -2.60. The highest BCUT2D eigenvalue weighted by Crippen LogP contribution is 2.57. The standard InChI is InChI=1S/C16H32NO4P/c1-6-8-11-22(19,20-7-2)14-10-9-13(12-14)17-15(18)21-16(3,4)5/h13-14H,6-12H2,1-5H3,(H,17,18)/t13-,14+,22?/m1/s1. The average Bonchev–Trinajstić information content (AvgIpc) is 2.83. The van der Waals surface area contributed by atoms with Crippen LogP contribution in [0.3, 0.4) is 0 Å². The van der Waals surface area contributed by atoms with Gasteiger partial charge in [-0.05, 0) is 53.4 Å². The molecule has 0 aromatic rings. The zero-order valence-corrected chi connectivity index (χ0v) is 15.6. The summed E-state index contributed by atoms with van der Waals surface area (Å²) in [5.41, 5.74) is -0.428. The van der Waals surface area contributed by atoms with Crippen LogP contribution in [-0.4, -0.2) is 36.2 Å². The Morgan fingerprint density at radius 2 is 1.95 bits per heavy atom. The molecule has 0 spiro atoms. The zero-order chi connectivity index (χ0) is 16.8. The Bertz CT molecular complexity index is 405. The van der Waals surface area contributed by atoms with Crippen LogP contribution in [0.4, 0.5) is 4.79 Å². The Morgan fingerprint density at radius 1 is 1.27 bits per heavy atom. The summed E-state index contributed by atoms with van der Waals surface area (Å²) < 4.78 is 24.0. The fraction of sp³-hybridized carbons (Fsp3) is 0.938. The number of nitrogens with one attached hydrogen (secondary N) is 1. The van der Waals surface area contributed by atoms with Gasteiger partial charge in [0.25, 0.3) is 0 Å². The molecule has 22 heavy (non-hydrogen) atoms. The highest BCUT2D eigenvalue weighted by Gasteiger charge is 2.39. The monoisotopic (exact) mass is 333 g/mol. The average molecular weight is 333 g/mol. The Hall–Kier alpha value is -0.540. The van der Waals surface area contributed by atoms with Gasteiger partial charge in [-0.2, -0.15) is 0 Å². The molecule has 0 aromatic carbocycles. The quantitative estimate of drug-likeness (QED) is 0.694. The minimum Gasteiger partial charge on any atom is -0.444 e. The van der Waals surface area contributed by atoms with Crippen molar-refractivity contribution in [3.05, 3.63) is 0 Å². The van der Waals surface area contributed by atoms with E-state index in [0.717, 1.165) is 32.1 Å². The Morgan fingerprint density at radius 3 is 2.50 bits per heavy atom. The van der Waals surface area contributed by atoms with Gasteiger partial charge in [0, 0.05) is 17.9 Å². The number of hydrogen-bond acceptors (Lipinski definition) is 4. The molecule has 0 aliphatic heterocycles. The van der Waals surface area contributed by atoms with Crippen molar-refractivity contribution in [1.29, 1.82) is 0 Å². The molecule has 0 bridgehead atoms. The maximum atomic E-state index is 13.1. The predicted molar refractivity (Wildman–Crippen MR) is 89.8 cm³/mol. The van der Waals surface area contributed by atoms with E-state index in [4.69, 9.17) is 9.26 Å². The second-order valence-corrected chi connectivity index (χ2v) is 9.92. The summed E-state index contributed by atoms with van der Waals surface area (Å²) in [6.45, 7) is 10.0. The maximum absolute atomic E-state index is 13.1. The number of ether oxygens (including phenoxy) is 1. The van der Waals surface area contributed by atoms with Gasteiger partial charge < -0.3 is 14.6 Å². The predicted octanol–water partition coefficient (Wildman–Crippen LogP) is 4.55. The van der Waals surface area contributed by atoms with Crippen LogP contribution < -0.4 is 5.32 Å². The lowest BCUT2D eigenvalue weighted by Gasteiger charge is -2.25. The molecule has 6 heteroatoms. The van der Waals surface area contributed by atoms with Crippen LogP contribution in [0, 0.1) is 0 Å². The third-order valence-corrected chi connectivity index (χ3v) is 7.07. The smallest absolute Gasteiger partial charge is 0.407 e. The largest absolute Gasteiger partial charge is 0.444 e. The first-order valence-corrected chi connectivity index (χ1v) is 10.3. The van der Waals surface area contributed by atoms with E-state index in [1.54, 1.807) is 0 Å². The summed E-state index contributed by atoms with van der Waals surface area (Å²) in [5.74, 6) is 0. The lowest BCUT2D eigenvalue weighted by molar-refractivity contribution is 0.0505. The number of unbranched alkanes of at least 4 members (excludes halogenated alkanes) is 1. The van der Waals surface area contributed by atoms with Crippen molar-refractivity contribution in [1.82, 2.24) is 5.32 Å². The molecule has 0 radical (unpaired) electrons. The molecule has 5 nitrogen and oxygen atoms in total. The summed E-state index contributed by atoms with van der Waals surface area (Å²) >= 11 is 0. The SMILES string of the molecule is CCCCP(=O)(OCC)[C@H]1CC[C@@H](NC(=O)OC(C)(C)C)C1. The van der Waals surface area contributed by atoms with Gasteiger partial charge >= 0.3 is 6.09 Å². The highest BCUT2D eigenvalue weighted by molar-refractivity contribution is 7.59. The van der Waals surface area contributed by atoms with Gasteiger partial charge in [0.2, 0.25) is 7.37 Å². The van der Waals surface area contributed by atoms with E-state index < -0.39 is 19.1 Å². The topological polar surface area (TPSA) is 64.6 Å². The van der Waals surface area contributed by atoms with Gasteiger partial charge in [0.15, 0.2) is 0 Å². The molecule has 0 saturated heterocycles.